The summed E-state index contributed by atoms with van der Waals surface area (Å²) in [7, 11) is 0. The zero-order chi connectivity index (χ0) is 18.2. The smallest absolute Gasteiger partial charge is 0.187 e. The van der Waals surface area contributed by atoms with Gasteiger partial charge in [-0.05, 0) is 37.2 Å². The predicted octanol–water partition coefficient (Wildman–Crippen LogP) is 3.87. The van der Waals surface area contributed by atoms with Gasteiger partial charge in [0.15, 0.2) is 11.5 Å². The Balaban J connectivity index is 0.00000120. The predicted molar refractivity (Wildman–Crippen MR) is 115 cm³/mol. The van der Waals surface area contributed by atoms with Crippen molar-refractivity contribution in [1.29, 1.82) is 0 Å². The monoisotopic (exact) mass is 435 g/mol. The van der Waals surface area contributed by atoms with Crippen LogP contribution in [-0.4, -0.2) is 44.9 Å². The molecule has 9 heteroatoms. The van der Waals surface area contributed by atoms with Gasteiger partial charge in [0.1, 0.15) is 29.2 Å². The Morgan fingerprint density at radius 3 is 2.79 bits per heavy atom. The van der Waals surface area contributed by atoms with Crippen LogP contribution in [0.15, 0.2) is 54.7 Å². The van der Waals surface area contributed by atoms with Crippen LogP contribution in [0.25, 0.3) is 28.1 Å². The van der Waals surface area contributed by atoms with Gasteiger partial charge in [-0.1, -0.05) is 24.3 Å². The molecule has 5 rings (SSSR count). The normalized spacial score (nSPS) is 18.8. The van der Waals surface area contributed by atoms with E-state index in [-0.39, 0.29) is 24.8 Å². The molecule has 29 heavy (non-hydrogen) atoms. The number of rotatable bonds is 3. The molecule has 3 aromatic heterocycles. The van der Waals surface area contributed by atoms with Gasteiger partial charge in [-0.15, -0.1) is 35.0 Å². The van der Waals surface area contributed by atoms with E-state index in [2.05, 4.69) is 15.5 Å². The number of nitrogens with one attached hydrogen (secondary N) is 1. The Morgan fingerprint density at radius 1 is 1.03 bits per heavy atom. The second-order valence-corrected chi connectivity index (χ2v) is 6.64. The molecule has 0 saturated carbocycles. The first kappa shape index (κ1) is 21.2. The molecule has 0 bridgehead atoms. The molecule has 2 atom stereocenters. The summed E-state index contributed by atoms with van der Waals surface area (Å²) in [5, 5.41) is 12.4. The molecule has 152 valence electrons. The fraction of sp³-hybridized carbons (Fsp3) is 0.250. The molecule has 0 amide bonds. The van der Waals surface area contributed by atoms with Crippen LogP contribution < -0.4 is 10.1 Å². The zero-order valence-corrected chi connectivity index (χ0v) is 17.0. The van der Waals surface area contributed by atoms with Crippen molar-refractivity contribution in [2.24, 2.45) is 0 Å². The molecule has 4 heterocycles. The van der Waals surface area contributed by atoms with Crippen LogP contribution in [0.1, 0.15) is 6.42 Å². The van der Waals surface area contributed by atoms with Crippen LogP contribution in [0.2, 0.25) is 0 Å². The Morgan fingerprint density at radius 2 is 1.93 bits per heavy atom. The van der Waals surface area contributed by atoms with E-state index in [1.54, 1.807) is 0 Å². The summed E-state index contributed by atoms with van der Waals surface area (Å²) in [4.78, 5) is 4.77. The van der Waals surface area contributed by atoms with E-state index in [0.29, 0.717) is 35.8 Å². The van der Waals surface area contributed by atoms with E-state index in [1.807, 2.05) is 59.1 Å². The van der Waals surface area contributed by atoms with Gasteiger partial charge >= 0.3 is 0 Å². The van der Waals surface area contributed by atoms with Crippen molar-refractivity contribution in [3.8, 4) is 17.3 Å². The van der Waals surface area contributed by atoms with Gasteiger partial charge in [0, 0.05) is 18.1 Å². The number of para-hydroxylation sites is 1. The molecule has 0 radical (unpaired) electrons. The van der Waals surface area contributed by atoms with Crippen LogP contribution >= 0.6 is 24.8 Å². The number of hydrogen-bond donors (Lipinski definition) is 1. The van der Waals surface area contributed by atoms with Gasteiger partial charge in [-0.25, -0.2) is 9.37 Å². The minimum Gasteiger partial charge on any atom is -0.485 e. The summed E-state index contributed by atoms with van der Waals surface area (Å²) in [6.07, 6.45) is 1.04. The average Bonchev–Trinajstić information content (AvgIpc) is 3.14. The number of piperidine rings is 1. The second-order valence-electron chi connectivity index (χ2n) is 6.64. The van der Waals surface area contributed by atoms with Crippen LogP contribution in [0.3, 0.4) is 0 Å². The summed E-state index contributed by atoms with van der Waals surface area (Å²) in [6.45, 7) is 1.07. The van der Waals surface area contributed by atoms with Crippen molar-refractivity contribution < 1.29 is 9.13 Å². The molecule has 0 unspecified atom stereocenters. The number of halogens is 3. The molecule has 1 aromatic carbocycles. The van der Waals surface area contributed by atoms with Gasteiger partial charge in [-0.2, -0.15) is 0 Å². The molecule has 0 spiro atoms. The lowest BCUT2D eigenvalue weighted by Crippen LogP contribution is -2.44. The van der Waals surface area contributed by atoms with E-state index >= 15 is 0 Å². The number of aromatic nitrogens is 4. The lowest BCUT2D eigenvalue weighted by molar-refractivity contribution is 0.0742. The third kappa shape index (κ3) is 3.99. The molecule has 0 aliphatic carbocycles. The molecule has 1 N–H and O–H groups in total. The summed E-state index contributed by atoms with van der Waals surface area (Å²) < 4.78 is 22.1. The first-order chi connectivity index (χ1) is 13.3. The highest BCUT2D eigenvalue weighted by Crippen LogP contribution is 2.29. The third-order valence-electron chi connectivity index (χ3n) is 4.85. The summed E-state index contributed by atoms with van der Waals surface area (Å²) in [5.74, 6) is 1.25. The van der Waals surface area contributed by atoms with Crippen molar-refractivity contribution in [3.05, 3.63) is 54.7 Å². The van der Waals surface area contributed by atoms with Crippen LogP contribution in [-0.2, 0) is 0 Å². The number of fused-ring (bicyclic) bond motifs is 2. The minimum absolute atomic E-state index is 0. The van der Waals surface area contributed by atoms with Gasteiger partial charge in [-0.3, -0.25) is 4.40 Å². The SMILES string of the molecule is Cl.Cl.F[C@H]1CNCC[C@@H]1Oc1cccc2ccc(-c3nnc4ccccn34)nc12. The van der Waals surface area contributed by atoms with Crippen molar-refractivity contribution in [2.45, 2.75) is 18.7 Å². The highest BCUT2D eigenvalue weighted by molar-refractivity contribution is 5.86. The van der Waals surface area contributed by atoms with Gasteiger partial charge in [0.05, 0.1) is 0 Å². The number of alkyl halides is 1. The van der Waals surface area contributed by atoms with Crippen LogP contribution in [0, 0.1) is 0 Å². The molecule has 1 saturated heterocycles. The maximum Gasteiger partial charge on any atom is 0.187 e. The summed E-state index contributed by atoms with van der Waals surface area (Å²) >= 11 is 0. The van der Waals surface area contributed by atoms with Gasteiger partial charge < -0.3 is 10.1 Å². The van der Waals surface area contributed by atoms with Crippen LogP contribution in [0.4, 0.5) is 4.39 Å². The molecule has 4 aromatic rings. The van der Waals surface area contributed by atoms with E-state index in [0.717, 1.165) is 17.6 Å². The molecule has 6 nitrogen and oxygen atoms in total. The lowest BCUT2D eigenvalue weighted by Gasteiger charge is -2.27. The van der Waals surface area contributed by atoms with Crippen molar-refractivity contribution >= 4 is 41.4 Å². The quantitative estimate of drug-likeness (QED) is 0.529. The number of nitrogens with zero attached hydrogens (tertiary/aromatic N) is 4. The molecular weight excluding hydrogens is 416 g/mol. The number of pyridine rings is 2. The van der Waals surface area contributed by atoms with E-state index in [1.165, 1.54) is 0 Å². The molecule has 1 aliphatic rings. The zero-order valence-electron chi connectivity index (χ0n) is 15.4. The van der Waals surface area contributed by atoms with E-state index in [4.69, 9.17) is 9.72 Å². The van der Waals surface area contributed by atoms with Crippen molar-refractivity contribution in [1.82, 2.24) is 24.9 Å². The first-order valence-electron chi connectivity index (χ1n) is 9.01. The summed E-state index contributed by atoms with van der Waals surface area (Å²) in [6, 6.07) is 15.3. The maximum absolute atomic E-state index is 14.2. The largest absolute Gasteiger partial charge is 0.485 e. The third-order valence-corrected chi connectivity index (χ3v) is 4.85. The topological polar surface area (TPSA) is 64.3 Å². The Hall–Kier alpha value is -2.48. The van der Waals surface area contributed by atoms with E-state index in [9.17, 15) is 4.39 Å². The van der Waals surface area contributed by atoms with Crippen molar-refractivity contribution in [3.63, 3.8) is 0 Å². The highest BCUT2D eigenvalue weighted by atomic mass is 35.5. The van der Waals surface area contributed by atoms with Crippen LogP contribution in [0.5, 0.6) is 5.75 Å². The average molecular weight is 436 g/mol. The Kier molecular flexibility index (Phi) is 6.52. The minimum atomic E-state index is -1.03. The van der Waals surface area contributed by atoms with E-state index < -0.39 is 12.3 Å². The Bertz CT molecular complexity index is 1120. The number of hydrogen-bond acceptors (Lipinski definition) is 5. The number of ether oxygens (including phenoxy) is 1. The Labute approximate surface area is 179 Å². The summed E-state index contributed by atoms with van der Waals surface area (Å²) in [5.41, 5.74) is 2.15. The maximum atomic E-state index is 14.2. The highest BCUT2D eigenvalue weighted by Gasteiger charge is 2.27. The first-order valence-corrected chi connectivity index (χ1v) is 9.01. The molecule has 1 aliphatic heterocycles. The lowest BCUT2D eigenvalue weighted by atomic mass is 10.1. The molecule has 1 fully saturated rings. The second kappa shape index (κ2) is 8.90. The van der Waals surface area contributed by atoms with Crippen molar-refractivity contribution in [2.75, 3.05) is 13.1 Å². The number of benzene rings is 1. The standard InChI is InChI=1S/C20H18FN5O.2ClH/c21-14-12-22-10-9-16(14)27-17-5-3-4-13-7-8-15(23-19(13)17)20-25-24-18-6-1-2-11-26(18)20;;/h1-8,11,14,16,22H,9-10,12H2;2*1H/t14-,16-;;/m0../s1. The fourth-order valence-electron chi connectivity index (χ4n) is 3.45. The molecular formula is C20H20Cl2FN5O. The van der Waals surface area contributed by atoms with Gasteiger partial charge in [0.25, 0.3) is 0 Å². The van der Waals surface area contributed by atoms with Gasteiger partial charge in [0.2, 0.25) is 0 Å². The fourth-order valence-corrected chi connectivity index (χ4v) is 3.45.